The molecule has 0 radical (unpaired) electrons. The molecule has 3 rings (SSSR count). The zero-order valence-corrected chi connectivity index (χ0v) is 12.7. The van der Waals surface area contributed by atoms with Gasteiger partial charge in [-0.1, -0.05) is 29.8 Å². The Balaban J connectivity index is 2.01. The van der Waals surface area contributed by atoms with Gasteiger partial charge in [0.1, 0.15) is 11.8 Å². The van der Waals surface area contributed by atoms with E-state index in [1.54, 1.807) is 18.4 Å². The van der Waals surface area contributed by atoms with Crippen molar-refractivity contribution < 1.29 is 12.8 Å². The van der Waals surface area contributed by atoms with Crippen LogP contribution in [0, 0.1) is 6.92 Å². The van der Waals surface area contributed by atoms with Crippen molar-refractivity contribution in [2.24, 2.45) is 5.10 Å². The third-order valence-corrected chi connectivity index (χ3v) is 4.45. The van der Waals surface area contributed by atoms with E-state index in [2.05, 4.69) is 5.10 Å². The number of furan rings is 1. The number of nitrogens with zero attached hydrogens (tertiary/aromatic N) is 2. The summed E-state index contributed by atoms with van der Waals surface area (Å²) in [6, 6.07) is 11.0. The van der Waals surface area contributed by atoms with E-state index in [1.807, 2.05) is 31.2 Å². The zero-order valence-electron chi connectivity index (χ0n) is 11.9. The van der Waals surface area contributed by atoms with Gasteiger partial charge in [-0.15, -0.1) is 0 Å². The molecule has 1 aromatic heterocycles. The molecule has 1 atom stereocenters. The van der Waals surface area contributed by atoms with E-state index in [4.69, 9.17) is 4.42 Å². The molecule has 0 amide bonds. The van der Waals surface area contributed by atoms with E-state index < -0.39 is 16.1 Å². The highest BCUT2D eigenvalue weighted by Crippen LogP contribution is 2.34. The van der Waals surface area contributed by atoms with Crippen molar-refractivity contribution in [1.29, 1.82) is 0 Å². The first kappa shape index (κ1) is 13.9. The van der Waals surface area contributed by atoms with Gasteiger partial charge in [-0.25, -0.2) is 8.42 Å². The Morgan fingerprint density at radius 3 is 2.71 bits per heavy atom. The topological polar surface area (TPSA) is 62.9 Å². The second-order valence-electron chi connectivity index (χ2n) is 5.19. The molecule has 0 saturated heterocycles. The molecule has 0 spiro atoms. The van der Waals surface area contributed by atoms with Crippen LogP contribution in [0.3, 0.4) is 0 Å². The standard InChI is InChI=1S/C15H16N2O3S/c1-11-5-3-6-12(9-11)13-10-14(15-7-4-8-20-15)17(16-13)21(2,18)19/h3-9,14H,10H2,1-2H3/t14-/m1/s1. The molecular formula is C15H16N2O3S. The van der Waals surface area contributed by atoms with Crippen LogP contribution in [0.5, 0.6) is 0 Å². The molecule has 0 fully saturated rings. The van der Waals surface area contributed by atoms with Crippen molar-refractivity contribution >= 4 is 15.7 Å². The Hall–Kier alpha value is -2.08. The first-order valence-electron chi connectivity index (χ1n) is 6.62. The molecule has 0 aliphatic carbocycles. The maximum Gasteiger partial charge on any atom is 0.247 e. The lowest BCUT2D eigenvalue weighted by atomic mass is 10.0. The normalized spacial score (nSPS) is 18.9. The van der Waals surface area contributed by atoms with Gasteiger partial charge in [0.2, 0.25) is 10.0 Å². The van der Waals surface area contributed by atoms with E-state index >= 15 is 0 Å². The van der Waals surface area contributed by atoms with E-state index in [0.29, 0.717) is 12.2 Å². The van der Waals surface area contributed by atoms with Gasteiger partial charge in [-0.3, -0.25) is 0 Å². The van der Waals surface area contributed by atoms with E-state index in [-0.39, 0.29) is 0 Å². The Morgan fingerprint density at radius 2 is 2.10 bits per heavy atom. The molecule has 0 saturated carbocycles. The maximum absolute atomic E-state index is 12.0. The lowest BCUT2D eigenvalue weighted by Gasteiger charge is -2.18. The molecule has 0 N–H and O–H groups in total. The van der Waals surface area contributed by atoms with Crippen LogP contribution >= 0.6 is 0 Å². The summed E-state index contributed by atoms with van der Waals surface area (Å²) in [5.74, 6) is 0.604. The lowest BCUT2D eigenvalue weighted by Crippen LogP contribution is -2.25. The summed E-state index contributed by atoms with van der Waals surface area (Å²) in [5, 5.41) is 4.31. The van der Waals surface area contributed by atoms with Crippen LogP contribution in [0.4, 0.5) is 0 Å². The average Bonchev–Trinajstić information content (AvgIpc) is 3.07. The number of hydrogen-bond donors (Lipinski definition) is 0. The number of hydrazone groups is 1. The predicted octanol–water partition coefficient (Wildman–Crippen LogP) is 2.70. The SMILES string of the molecule is Cc1cccc(C2=NN(S(C)(=O)=O)[C@@H](c3ccco3)C2)c1. The fourth-order valence-corrected chi connectivity index (χ4v) is 3.37. The van der Waals surface area contributed by atoms with Crippen LogP contribution < -0.4 is 0 Å². The zero-order chi connectivity index (χ0) is 15.0. The molecular weight excluding hydrogens is 288 g/mol. The van der Waals surface area contributed by atoms with E-state index in [0.717, 1.165) is 27.5 Å². The Bertz CT molecular complexity index is 779. The van der Waals surface area contributed by atoms with Gasteiger partial charge >= 0.3 is 0 Å². The van der Waals surface area contributed by atoms with Crippen LogP contribution in [-0.4, -0.2) is 24.8 Å². The minimum atomic E-state index is -3.44. The van der Waals surface area contributed by atoms with Gasteiger partial charge in [-0.2, -0.15) is 9.52 Å². The number of hydrogen-bond acceptors (Lipinski definition) is 4. The average molecular weight is 304 g/mol. The summed E-state index contributed by atoms with van der Waals surface area (Å²) in [6.07, 6.45) is 3.20. The van der Waals surface area contributed by atoms with Gasteiger partial charge in [0.05, 0.1) is 18.2 Å². The van der Waals surface area contributed by atoms with Gasteiger partial charge in [0, 0.05) is 6.42 Å². The minimum Gasteiger partial charge on any atom is -0.467 e. The maximum atomic E-state index is 12.0. The summed E-state index contributed by atoms with van der Waals surface area (Å²) >= 11 is 0. The molecule has 1 aliphatic rings. The summed E-state index contributed by atoms with van der Waals surface area (Å²) in [5.41, 5.74) is 2.81. The van der Waals surface area contributed by atoms with E-state index in [1.165, 1.54) is 0 Å². The summed E-state index contributed by atoms with van der Waals surface area (Å²) in [6.45, 7) is 2.00. The van der Waals surface area contributed by atoms with Crippen molar-refractivity contribution in [1.82, 2.24) is 4.41 Å². The summed E-state index contributed by atoms with van der Waals surface area (Å²) in [4.78, 5) is 0. The molecule has 2 heterocycles. The van der Waals surface area contributed by atoms with Crippen molar-refractivity contribution in [3.63, 3.8) is 0 Å². The van der Waals surface area contributed by atoms with E-state index in [9.17, 15) is 8.42 Å². The lowest BCUT2D eigenvalue weighted by molar-refractivity contribution is 0.322. The third-order valence-electron chi connectivity index (χ3n) is 3.44. The Labute approximate surface area is 123 Å². The van der Waals surface area contributed by atoms with Gasteiger partial charge in [0.25, 0.3) is 0 Å². The van der Waals surface area contributed by atoms with Crippen LogP contribution in [-0.2, 0) is 10.0 Å². The van der Waals surface area contributed by atoms with Gasteiger partial charge in [0.15, 0.2) is 0 Å². The van der Waals surface area contributed by atoms with Crippen molar-refractivity contribution in [2.75, 3.05) is 6.26 Å². The highest BCUT2D eigenvalue weighted by molar-refractivity contribution is 7.88. The Morgan fingerprint density at radius 1 is 1.29 bits per heavy atom. The molecule has 1 aliphatic heterocycles. The van der Waals surface area contributed by atoms with Crippen LogP contribution in [0.2, 0.25) is 0 Å². The van der Waals surface area contributed by atoms with Gasteiger partial charge in [-0.05, 0) is 24.6 Å². The highest BCUT2D eigenvalue weighted by Gasteiger charge is 2.36. The second-order valence-corrected chi connectivity index (χ2v) is 7.03. The van der Waals surface area contributed by atoms with Gasteiger partial charge < -0.3 is 4.42 Å². The van der Waals surface area contributed by atoms with Crippen LogP contribution in [0.1, 0.15) is 29.3 Å². The molecule has 0 bridgehead atoms. The quantitative estimate of drug-likeness (QED) is 0.876. The summed E-state index contributed by atoms with van der Waals surface area (Å²) in [7, 11) is -3.44. The molecule has 5 nitrogen and oxygen atoms in total. The fraction of sp³-hybridized carbons (Fsp3) is 0.267. The third kappa shape index (κ3) is 2.71. The fourth-order valence-electron chi connectivity index (χ4n) is 2.49. The molecule has 0 unspecified atom stereocenters. The predicted molar refractivity (Wildman–Crippen MR) is 80.5 cm³/mol. The number of sulfonamides is 1. The molecule has 1 aromatic carbocycles. The Kier molecular flexibility index (Phi) is 3.33. The molecule has 6 heteroatoms. The summed E-state index contributed by atoms with van der Waals surface area (Å²) < 4.78 is 30.4. The molecule has 2 aromatic rings. The van der Waals surface area contributed by atoms with Crippen LogP contribution in [0.25, 0.3) is 0 Å². The second kappa shape index (κ2) is 5.04. The smallest absolute Gasteiger partial charge is 0.247 e. The number of rotatable bonds is 3. The first-order chi connectivity index (χ1) is 9.95. The highest BCUT2D eigenvalue weighted by atomic mass is 32.2. The van der Waals surface area contributed by atoms with Crippen molar-refractivity contribution in [3.8, 4) is 0 Å². The number of aryl methyl sites for hydroxylation is 1. The van der Waals surface area contributed by atoms with Crippen molar-refractivity contribution in [2.45, 2.75) is 19.4 Å². The van der Waals surface area contributed by atoms with Crippen LogP contribution in [0.15, 0.2) is 52.2 Å². The number of benzene rings is 1. The van der Waals surface area contributed by atoms with Crippen molar-refractivity contribution in [3.05, 3.63) is 59.5 Å². The minimum absolute atomic E-state index is 0.412. The monoisotopic (exact) mass is 304 g/mol. The largest absolute Gasteiger partial charge is 0.467 e. The first-order valence-corrected chi connectivity index (χ1v) is 8.47. The molecule has 110 valence electrons. The molecule has 21 heavy (non-hydrogen) atoms.